The largest absolute Gasteiger partial charge is 0.497 e. The number of aromatic nitrogens is 6. The first kappa shape index (κ1) is 17.2. The summed E-state index contributed by atoms with van der Waals surface area (Å²) in [7, 11) is 3.52. The lowest BCUT2D eigenvalue weighted by Gasteiger charge is -2.09. The van der Waals surface area contributed by atoms with Crippen LogP contribution in [0.2, 0.25) is 0 Å². The standard InChI is InChI=1S/C21H18N6O2/c1-26-12-14(10-24-26)18-5-6-21-23-11-15(27(21)25-18)13-29-20-7-8-22-19-9-16(28-2)3-4-17(19)20/h3-12H,13H2,1-2H3. The van der Waals surface area contributed by atoms with Crippen molar-refractivity contribution in [3.63, 3.8) is 0 Å². The molecule has 0 spiro atoms. The van der Waals surface area contributed by atoms with Crippen LogP contribution in [-0.2, 0) is 13.7 Å². The van der Waals surface area contributed by atoms with Crippen molar-refractivity contribution in [2.75, 3.05) is 7.11 Å². The van der Waals surface area contributed by atoms with Gasteiger partial charge in [-0.1, -0.05) is 0 Å². The average Bonchev–Trinajstić information content (AvgIpc) is 3.37. The smallest absolute Gasteiger partial charge is 0.153 e. The Morgan fingerprint density at radius 1 is 1.03 bits per heavy atom. The molecule has 0 bridgehead atoms. The normalized spacial score (nSPS) is 11.2. The molecule has 144 valence electrons. The number of rotatable bonds is 5. The van der Waals surface area contributed by atoms with Gasteiger partial charge in [0.15, 0.2) is 5.65 Å². The van der Waals surface area contributed by atoms with Gasteiger partial charge in [-0.3, -0.25) is 9.67 Å². The Labute approximate surface area is 166 Å². The van der Waals surface area contributed by atoms with Crippen molar-refractivity contribution < 1.29 is 9.47 Å². The topological polar surface area (TPSA) is 79.4 Å². The number of ether oxygens (including phenoxy) is 2. The van der Waals surface area contributed by atoms with Gasteiger partial charge in [-0.2, -0.15) is 10.2 Å². The second-order valence-corrected chi connectivity index (χ2v) is 6.62. The number of imidazole rings is 1. The third-order valence-corrected chi connectivity index (χ3v) is 4.72. The van der Waals surface area contributed by atoms with Crippen molar-refractivity contribution in [2.45, 2.75) is 6.61 Å². The first-order chi connectivity index (χ1) is 14.2. The second-order valence-electron chi connectivity index (χ2n) is 6.62. The molecule has 1 aromatic carbocycles. The van der Waals surface area contributed by atoms with E-state index in [1.165, 1.54) is 0 Å². The van der Waals surface area contributed by atoms with Crippen LogP contribution in [-0.4, -0.2) is 36.5 Å². The predicted octanol–water partition coefficient (Wildman–Crippen LogP) is 3.27. The number of fused-ring (bicyclic) bond motifs is 2. The molecule has 29 heavy (non-hydrogen) atoms. The fourth-order valence-corrected chi connectivity index (χ4v) is 3.23. The molecule has 0 saturated carbocycles. The van der Waals surface area contributed by atoms with Crippen molar-refractivity contribution in [3.8, 4) is 22.8 Å². The van der Waals surface area contributed by atoms with Crippen LogP contribution < -0.4 is 9.47 Å². The van der Waals surface area contributed by atoms with E-state index in [9.17, 15) is 0 Å². The van der Waals surface area contributed by atoms with Crippen LogP contribution in [0, 0.1) is 0 Å². The lowest BCUT2D eigenvalue weighted by Crippen LogP contribution is -2.03. The number of nitrogens with zero attached hydrogens (tertiary/aromatic N) is 6. The predicted molar refractivity (Wildman–Crippen MR) is 108 cm³/mol. The van der Waals surface area contributed by atoms with Gasteiger partial charge in [0.1, 0.15) is 23.8 Å². The zero-order valence-electron chi connectivity index (χ0n) is 16.0. The van der Waals surface area contributed by atoms with Crippen LogP contribution in [0.15, 0.2) is 61.2 Å². The quantitative estimate of drug-likeness (QED) is 0.461. The molecule has 4 heterocycles. The van der Waals surface area contributed by atoms with Crippen LogP contribution in [0.25, 0.3) is 27.8 Å². The van der Waals surface area contributed by atoms with E-state index < -0.39 is 0 Å². The Bertz CT molecular complexity index is 1320. The van der Waals surface area contributed by atoms with E-state index in [1.54, 1.807) is 34.9 Å². The highest BCUT2D eigenvalue weighted by atomic mass is 16.5. The van der Waals surface area contributed by atoms with Crippen molar-refractivity contribution in [3.05, 3.63) is 66.9 Å². The molecule has 0 atom stereocenters. The molecule has 0 N–H and O–H groups in total. The van der Waals surface area contributed by atoms with Gasteiger partial charge in [0, 0.05) is 36.5 Å². The second kappa shape index (κ2) is 6.90. The average molecular weight is 386 g/mol. The molecule has 0 radical (unpaired) electrons. The third-order valence-electron chi connectivity index (χ3n) is 4.72. The lowest BCUT2D eigenvalue weighted by atomic mass is 10.2. The summed E-state index contributed by atoms with van der Waals surface area (Å²) < 4.78 is 14.9. The summed E-state index contributed by atoms with van der Waals surface area (Å²) in [6.45, 7) is 0.329. The fourth-order valence-electron chi connectivity index (χ4n) is 3.23. The third kappa shape index (κ3) is 3.14. The van der Waals surface area contributed by atoms with Gasteiger partial charge in [0.05, 0.1) is 30.7 Å². The molecule has 8 heteroatoms. The molecule has 0 amide bonds. The zero-order valence-corrected chi connectivity index (χ0v) is 16.0. The number of benzene rings is 1. The van der Waals surface area contributed by atoms with Gasteiger partial charge >= 0.3 is 0 Å². The minimum absolute atomic E-state index is 0.329. The highest BCUT2D eigenvalue weighted by Gasteiger charge is 2.10. The number of pyridine rings is 1. The van der Waals surface area contributed by atoms with E-state index in [0.717, 1.165) is 45.0 Å². The molecule has 0 aliphatic carbocycles. The lowest BCUT2D eigenvalue weighted by molar-refractivity contribution is 0.302. The van der Waals surface area contributed by atoms with Gasteiger partial charge in [-0.05, 0) is 30.3 Å². The van der Waals surface area contributed by atoms with Gasteiger partial charge in [0.2, 0.25) is 0 Å². The molecule has 0 saturated heterocycles. The van der Waals surface area contributed by atoms with E-state index in [-0.39, 0.29) is 0 Å². The minimum Gasteiger partial charge on any atom is -0.497 e. The minimum atomic E-state index is 0.329. The van der Waals surface area contributed by atoms with E-state index >= 15 is 0 Å². The number of methoxy groups -OCH3 is 1. The van der Waals surface area contributed by atoms with E-state index in [2.05, 4.69) is 15.1 Å². The molecule has 4 aromatic heterocycles. The highest BCUT2D eigenvalue weighted by molar-refractivity contribution is 5.85. The Kier molecular flexibility index (Phi) is 4.09. The van der Waals surface area contributed by atoms with Gasteiger partial charge in [0.25, 0.3) is 0 Å². The summed E-state index contributed by atoms with van der Waals surface area (Å²) in [6, 6.07) is 11.5. The van der Waals surface area contributed by atoms with Crippen LogP contribution >= 0.6 is 0 Å². The highest BCUT2D eigenvalue weighted by Crippen LogP contribution is 2.27. The summed E-state index contributed by atoms with van der Waals surface area (Å²) in [5, 5.41) is 9.84. The molecule has 0 fully saturated rings. The number of hydrogen-bond donors (Lipinski definition) is 0. The number of hydrogen-bond acceptors (Lipinski definition) is 6. The summed E-state index contributed by atoms with van der Waals surface area (Å²) in [5.41, 5.74) is 4.21. The Morgan fingerprint density at radius 3 is 2.79 bits per heavy atom. The molecule has 0 aliphatic heterocycles. The molecule has 0 unspecified atom stereocenters. The van der Waals surface area contributed by atoms with Crippen LogP contribution in [0.4, 0.5) is 0 Å². The molecular formula is C21H18N6O2. The van der Waals surface area contributed by atoms with Crippen LogP contribution in [0.3, 0.4) is 0 Å². The monoisotopic (exact) mass is 386 g/mol. The van der Waals surface area contributed by atoms with Crippen molar-refractivity contribution in [2.24, 2.45) is 7.05 Å². The summed E-state index contributed by atoms with van der Waals surface area (Å²) in [4.78, 5) is 8.82. The summed E-state index contributed by atoms with van der Waals surface area (Å²) in [6.07, 6.45) is 7.23. The van der Waals surface area contributed by atoms with Gasteiger partial charge in [-0.25, -0.2) is 9.50 Å². The van der Waals surface area contributed by atoms with Crippen molar-refractivity contribution in [1.29, 1.82) is 0 Å². The van der Waals surface area contributed by atoms with E-state index in [0.29, 0.717) is 6.61 Å². The SMILES string of the molecule is COc1ccc2c(OCc3cnc4ccc(-c5cnn(C)c5)nn34)ccnc2c1. The number of aryl methyl sites for hydroxylation is 1. The molecular weight excluding hydrogens is 368 g/mol. The Hall–Kier alpha value is -3.94. The maximum Gasteiger partial charge on any atom is 0.153 e. The van der Waals surface area contributed by atoms with Crippen LogP contribution in [0.5, 0.6) is 11.5 Å². The zero-order chi connectivity index (χ0) is 19.8. The first-order valence-corrected chi connectivity index (χ1v) is 9.09. The van der Waals surface area contributed by atoms with Crippen LogP contribution in [0.1, 0.15) is 5.69 Å². The fraction of sp³-hybridized carbons (Fsp3) is 0.143. The van der Waals surface area contributed by atoms with Gasteiger partial charge in [-0.15, -0.1) is 0 Å². The molecule has 5 aromatic rings. The summed E-state index contributed by atoms with van der Waals surface area (Å²) in [5.74, 6) is 1.51. The maximum atomic E-state index is 6.10. The molecule has 8 nitrogen and oxygen atoms in total. The Morgan fingerprint density at radius 2 is 1.97 bits per heavy atom. The van der Waals surface area contributed by atoms with Gasteiger partial charge < -0.3 is 9.47 Å². The van der Waals surface area contributed by atoms with E-state index in [1.807, 2.05) is 49.6 Å². The summed E-state index contributed by atoms with van der Waals surface area (Å²) >= 11 is 0. The van der Waals surface area contributed by atoms with Crippen molar-refractivity contribution >= 4 is 16.6 Å². The molecule has 5 rings (SSSR count). The van der Waals surface area contributed by atoms with Crippen molar-refractivity contribution in [1.82, 2.24) is 29.4 Å². The molecule has 0 aliphatic rings. The van der Waals surface area contributed by atoms with E-state index in [4.69, 9.17) is 14.6 Å². The maximum absolute atomic E-state index is 6.10. The Balaban J connectivity index is 1.46. The first-order valence-electron chi connectivity index (χ1n) is 9.09.